The molecule has 0 aliphatic carbocycles. The molecule has 0 aliphatic heterocycles. The molecule has 0 heterocycles. The molecule has 2 rings (SSSR count). The first-order valence-corrected chi connectivity index (χ1v) is 9.21. The van der Waals surface area contributed by atoms with E-state index in [0.29, 0.717) is 23.9 Å². The average molecular weight is 384 g/mol. The zero-order valence-corrected chi connectivity index (χ0v) is 14.8. The van der Waals surface area contributed by atoms with E-state index in [1.807, 2.05) is 0 Å². The molecular weight excluding hydrogens is 366 g/mol. The van der Waals surface area contributed by atoms with Crippen LogP contribution in [0.3, 0.4) is 0 Å². The van der Waals surface area contributed by atoms with Crippen LogP contribution in [0.15, 0.2) is 47.4 Å². The topological polar surface area (TPSA) is 84.5 Å². The maximum atomic E-state index is 13.1. The van der Waals surface area contributed by atoms with Crippen molar-refractivity contribution in [1.82, 2.24) is 4.72 Å². The molecular formula is C17H18F2N2O4S. The van der Waals surface area contributed by atoms with Crippen LogP contribution < -0.4 is 14.8 Å². The second-order valence-corrected chi connectivity index (χ2v) is 7.15. The standard InChI is InChI=1S/C17H18F2N2O4S/c1-12(22)21-13-4-2-5-14(10-13)25-9-3-8-20-26(23,24)15-6-7-16(18)17(19)11-15/h2,4-7,10-11,20H,3,8-9H2,1H3,(H,21,22). The number of hydrogen-bond acceptors (Lipinski definition) is 4. The third kappa shape index (κ3) is 5.78. The number of hydrogen-bond donors (Lipinski definition) is 2. The van der Waals surface area contributed by atoms with E-state index in [4.69, 9.17) is 4.74 Å². The molecule has 0 unspecified atom stereocenters. The van der Waals surface area contributed by atoms with E-state index < -0.39 is 21.7 Å². The normalized spacial score (nSPS) is 11.2. The maximum Gasteiger partial charge on any atom is 0.240 e. The first-order chi connectivity index (χ1) is 12.3. The number of halogens is 2. The van der Waals surface area contributed by atoms with Crippen molar-refractivity contribution in [3.05, 3.63) is 54.1 Å². The Bertz CT molecular complexity index is 888. The van der Waals surface area contributed by atoms with Gasteiger partial charge in [0.2, 0.25) is 15.9 Å². The summed E-state index contributed by atoms with van der Waals surface area (Å²) in [5.74, 6) is -2.01. The second kappa shape index (κ2) is 8.72. The van der Waals surface area contributed by atoms with Gasteiger partial charge in [0.15, 0.2) is 11.6 Å². The average Bonchev–Trinajstić information content (AvgIpc) is 2.56. The first kappa shape index (κ1) is 19.8. The highest BCUT2D eigenvalue weighted by molar-refractivity contribution is 7.89. The Kier molecular flexibility index (Phi) is 6.64. The number of amides is 1. The lowest BCUT2D eigenvalue weighted by Gasteiger charge is -2.09. The van der Waals surface area contributed by atoms with Crippen LogP contribution in [0.1, 0.15) is 13.3 Å². The smallest absolute Gasteiger partial charge is 0.240 e. The molecule has 0 radical (unpaired) electrons. The minimum absolute atomic E-state index is 0.0622. The third-order valence-corrected chi connectivity index (χ3v) is 4.70. The van der Waals surface area contributed by atoms with Crippen LogP contribution in [-0.4, -0.2) is 27.5 Å². The number of carbonyl (C=O) groups excluding carboxylic acids is 1. The molecule has 0 bridgehead atoms. The van der Waals surface area contributed by atoms with Crippen LogP contribution in [-0.2, 0) is 14.8 Å². The number of carbonyl (C=O) groups is 1. The lowest BCUT2D eigenvalue weighted by atomic mass is 10.3. The van der Waals surface area contributed by atoms with Crippen molar-refractivity contribution < 1.29 is 26.7 Å². The van der Waals surface area contributed by atoms with Gasteiger partial charge in [0.1, 0.15) is 5.75 Å². The molecule has 0 saturated carbocycles. The molecule has 140 valence electrons. The SMILES string of the molecule is CC(=O)Nc1cccc(OCCCNS(=O)(=O)c2ccc(F)c(F)c2)c1. The van der Waals surface area contributed by atoms with Gasteiger partial charge in [-0.1, -0.05) is 6.07 Å². The van der Waals surface area contributed by atoms with Gasteiger partial charge in [-0.05, 0) is 36.8 Å². The molecule has 2 N–H and O–H groups in total. The van der Waals surface area contributed by atoms with E-state index in [1.165, 1.54) is 6.92 Å². The molecule has 6 nitrogen and oxygen atoms in total. The molecule has 0 aliphatic rings. The monoisotopic (exact) mass is 384 g/mol. The summed E-state index contributed by atoms with van der Waals surface area (Å²) in [5.41, 5.74) is 0.592. The predicted molar refractivity (Wildman–Crippen MR) is 92.4 cm³/mol. The fourth-order valence-corrected chi connectivity index (χ4v) is 3.15. The highest BCUT2D eigenvalue weighted by atomic mass is 32.2. The largest absolute Gasteiger partial charge is 0.493 e. The van der Waals surface area contributed by atoms with Gasteiger partial charge < -0.3 is 10.1 Å². The van der Waals surface area contributed by atoms with Gasteiger partial charge in [-0.3, -0.25) is 4.79 Å². The summed E-state index contributed by atoms with van der Waals surface area (Å²) in [5, 5.41) is 2.63. The Labute approximate surface area is 150 Å². The number of ether oxygens (including phenoxy) is 1. The van der Waals surface area contributed by atoms with Crippen LogP contribution in [0.4, 0.5) is 14.5 Å². The van der Waals surface area contributed by atoms with Gasteiger partial charge in [0.25, 0.3) is 0 Å². The number of sulfonamides is 1. The summed E-state index contributed by atoms with van der Waals surface area (Å²) in [4.78, 5) is 10.7. The van der Waals surface area contributed by atoms with E-state index in [1.54, 1.807) is 24.3 Å². The van der Waals surface area contributed by atoms with Crippen molar-refractivity contribution in [2.45, 2.75) is 18.2 Å². The maximum absolute atomic E-state index is 13.1. The van der Waals surface area contributed by atoms with Gasteiger partial charge >= 0.3 is 0 Å². The molecule has 0 atom stereocenters. The number of benzene rings is 2. The van der Waals surface area contributed by atoms with Crippen LogP contribution in [0.2, 0.25) is 0 Å². The van der Waals surface area contributed by atoms with Crippen molar-refractivity contribution in [1.29, 1.82) is 0 Å². The van der Waals surface area contributed by atoms with Crippen LogP contribution >= 0.6 is 0 Å². The van der Waals surface area contributed by atoms with Crippen molar-refractivity contribution in [2.24, 2.45) is 0 Å². The molecule has 1 amide bonds. The lowest BCUT2D eigenvalue weighted by molar-refractivity contribution is -0.114. The van der Waals surface area contributed by atoms with Gasteiger partial charge in [0, 0.05) is 25.2 Å². The summed E-state index contributed by atoms with van der Waals surface area (Å²) in [6, 6.07) is 9.15. The van der Waals surface area contributed by atoms with E-state index in [-0.39, 0.29) is 24.0 Å². The Morgan fingerprint density at radius 2 is 1.88 bits per heavy atom. The summed E-state index contributed by atoms with van der Waals surface area (Å²) < 4.78 is 57.8. The van der Waals surface area contributed by atoms with Crippen LogP contribution in [0.5, 0.6) is 5.75 Å². The molecule has 2 aromatic carbocycles. The van der Waals surface area contributed by atoms with Gasteiger partial charge in [0.05, 0.1) is 11.5 Å². The summed E-state index contributed by atoms with van der Waals surface area (Å²) in [6.45, 7) is 1.68. The van der Waals surface area contributed by atoms with Crippen LogP contribution in [0, 0.1) is 11.6 Å². The summed E-state index contributed by atoms with van der Waals surface area (Å²) >= 11 is 0. The molecule has 2 aromatic rings. The number of anilines is 1. The quantitative estimate of drug-likeness (QED) is 0.686. The lowest BCUT2D eigenvalue weighted by Crippen LogP contribution is -2.26. The molecule has 26 heavy (non-hydrogen) atoms. The van der Waals surface area contributed by atoms with E-state index in [2.05, 4.69) is 10.0 Å². The van der Waals surface area contributed by atoms with Crippen LogP contribution in [0.25, 0.3) is 0 Å². The zero-order valence-electron chi connectivity index (χ0n) is 14.0. The molecule has 0 spiro atoms. The van der Waals surface area contributed by atoms with Crippen molar-refractivity contribution in [3.63, 3.8) is 0 Å². The van der Waals surface area contributed by atoms with Gasteiger partial charge in [-0.25, -0.2) is 21.9 Å². The first-order valence-electron chi connectivity index (χ1n) is 7.73. The highest BCUT2D eigenvalue weighted by Crippen LogP contribution is 2.17. The molecule has 0 aromatic heterocycles. The number of rotatable bonds is 8. The summed E-state index contributed by atoms with van der Waals surface area (Å²) in [7, 11) is -3.92. The third-order valence-electron chi connectivity index (χ3n) is 3.24. The Hall–Kier alpha value is -2.52. The fourth-order valence-electron chi connectivity index (χ4n) is 2.06. The summed E-state index contributed by atoms with van der Waals surface area (Å²) in [6.07, 6.45) is 0.354. The Morgan fingerprint density at radius 1 is 1.12 bits per heavy atom. The minimum Gasteiger partial charge on any atom is -0.493 e. The van der Waals surface area contributed by atoms with Gasteiger partial charge in [-0.2, -0.15) is 0 Å². The van der Waals surface area contributed by atoms with Crippen molar-refractivity contribution in [3.8, 4) is 5.75 Å². The Balaban J connectivity index is 1.81. The molecule has 9 heteroatoms. The second-order valence-electron chi connectivity index (χ2n) is 5.38. The predicted octanol–water partition coefficient (Wildman–Crippen LogP) is 2.67. The molecule has 0 saturated heterocycles. The van der Waals surface area contributed by atoms with Crippen molar-refractivity contribution >= 4 is 21.6 Å². The zero-order chi connectivity index (χ0) is 19.2. The minimum atomic E-state index is -3.92. The van der Waals surface area contributed by atoms with E-state index >= 15 is 0 Å². The fraction of sp³-hybridized carbons (Fsp3) is 0.235. The number of nitrogens with one attached hydrogen (secondary N) is 2. The van der Waals surface area contributed by atoms with Crippen molar-refractivity contribution in [2.75, 3.05) is 18.5 Å². The highest BCUT2D eigenvalue weighted by Gasteiger charge is 2.15. The molecule has 0 fully saturated rings. The van der Waals surface area contributed by atoms with Gasteiger partial charge in [-0.15, -0.1) is 0 Å². The van der Waals surface area contributed by atoms with E-state index in [9.17, 15) is 22.0 Å². The van der Waals surface area contributed by atoms with E-state index in [0.717, 1.165) is 12.1 Å². The Morgan fingerprint density at radius 3 is 2.58 bits per heavy atom.